The summed E-state index contributed by atoms with van der Waals surface area (Å²) in [4.78, 5) is 17.2. The number of carbonyl (C=O) groups is 1. The zero-order chi connectivity index (χ0) is 20.4. The molecule has 0 unspecified atom stereocenters. The van der Waals surface area contributed by atoms with Crippen LogP contribution in [0.25, 0.3) is 11.0 Å². The summed E-state index contributed by atoms with van der Waals surface area (Å²) in [6, 6.07) is 11.3. The Bertz CT molecular complexity index is 1140. The minimum Gasteiger partial charge on any atom is -0.438 e. The average molecular weight is 415 g/mol. The zero-order valence-corrected chi connectivity index (χ0v) is 16.6. The molecule has 3 aromatic rings. The Morgan fingerprint density at radius 3 is 2.93 bits per heavy atom. The zero-order valence-electron chi connectivity index (χ0n) is 15.9. The molecular formula is C22H20ClFN2O3. The van der Waals surface area contributed by atoms with Crippen LogP contribution in [0.2, 0.25) is 5.02 Å². The maximum Gasteiger partial charge on any atom is 0.256 e. The van der Waals surface area contributed by atoms with Crippen molar-refractivity contribution < 1.29 is 18.3 Å². The number of hydrogen-bond acceptors (Lipinski definition) is 4. The molecule has 5 nitrogen and oxygen atoms in total. The van der Waals surface area contributed by atoms with Gasteiger partial charge in [-0.05, 0) is 61.7 Å². The molecule has 4 rings (SSSR count). The van der Waals surface area contributed by atoms with E-state index >= 15 is 0 Å². The minimum atomic E-state index is -0.493. The number of benzene rings is 2. The first-order chi connectivity index (χ1) is 14.0. The molecular weight excluding hydrogens is 395 g/mol. The Hall–Kier alpha value is -2.70. The first-order valence-corrected chi connectivity index (χ1v) is 9.81. The van der Waals surface area contributed by atoms with Crippen LogP contribution in [-0.4, -0.2) is 25.2 Å². The summed E-state index contributed by atoms with van der Waals surface area (Å²) >= 11 is 6.07. The van der Waals surface area contributed by atoms with E-state index in [1.807, 2.05) is 6.92 Å². The van der Waals surface area contributed by atoms with Gasteiger partial charge in [-0.15, -0.1) is 0 Å². The van der Waals surface area contributed by atoms with Gasteiger partial charge in [0.2, 0.25) is 5.55 Å². The Labute approximate surface area is 172 Å². The van der Waals surface area contributed by atoms with Crippen LogP contribution in [0.1, 0.15) is 28.8 Å². The Kier molecular flexibility index (Phi) is 5.65. The highest BCUT2D eigenvalue weighted by molar-refractivity contribution is 6.31. The van der Waals surface area contributed by atoms with E-state index in [2.05, 4.69) is 10.3 Å². The number of halogens is 2. The SMILES string of the molecule is Cc1ccc(F)c(N=c2oc3ccc(Cl)cc3cc2C(=O)NC[C@H]2CCCO2)c1. The number of hydrogen-bond donors (Lipinski definition) is 1. The molecule has 1 N–H and O–H groups in total. The molecule has 0 aliphatic carbocycles. The highest BCUT2D eigenvalue weighted by atomic mass is 35.5. The quantitative estimate of drug-likeness (QED) is 0.674. The minimum absolute atomic E-state index is 0.000366. The second-order valence-electron chi connectivity index (χ2n) is 7.06. The fraction of sp³-hybridized carbons (Fsp3) is 0.273. The van der Waals surface area contributed by atoms with Crippen molar-refractivity contribution in [3.63, 3.8) is 0 Å². The molecule has 1 fully saturated rings. The van der Waals surface area contributed by atoms with Crippen molar-refractivity contribution in [2.24, 2.45) is 4.99 Å². The molecule has 0 radical (unpaired) electrons. The molecule has 0 saturated carbocycles. The smallest absolute Gasteiger partial charge is 0.256 e. The van der Waals surface area contributed by atoms with Crippen molar-refractivity contribution in [2.75, 3.05) is 13.2 Å². The number of aryl methyl sites for hydroxylation is 1. The van der Waals surface area contributed by atoms with Gasteiger partial charge in [0.1, 0.15) is 22.7 Å². The van der Waals surface area contributed by atoms with Crippen LogP contribution in [-0.2, 0) is 4.74 Å². The first kappa shape index (κ1) is 19.6. The third-order valence-electron chi connectivity index (χ3n) is 4.79. The fourth-order valence-electron chi connectivity index (χ4n) is 3.27. The van der Waals surface area contributed by atoms with Gasteiger partial charge in [-0.2, -0.15) is 0 Å². The second-order valence-corrected chi connectivity index (χ2v) is 7.50. The van der Waals surface area contributed by atoms with Gasteiger partial charge in [-0.1, -0.05) is 17.7 Å². The Morgan fingerprint density at radius 2 is 2.14 bits per heavy atom. The lowest BCUT2D eigenvalue weighted by atomic mass is 10.1. The second kappa shape index (κ2) is 8.35. The van der Waals surface area contributed by atoms with E-state index in [1.54, 1.807) is 36.4 Å². The lowest BCUT2D eigenvalue weighted by Crippen LogP contribution is -2.34. The molecule has 0 spiro atoms. The van der Waals surface area contributed by atoms with Crippen LogP contribution < -0.4 is 10.9 Å². The third-order valence-corrected chi connectivity index (χ3v) is 5.03. The lowest BCUT2D eigenvalue weighted by molar-refractivity contribution is 0.0854. The summed E-state index contributed by atoms with van der Waals surface area (Å²) in [5.74, 6) is -0.856. The van der Waals surface area contributed by atoms with Crippen LogP contribution in [0, 0.1) is 12.7 Å². The van der Waals surface area contributed by atoms with Crippen LogP contribution in [0.4, 0.5) is 10.1 Å². The standard InChI is InChI=1S/C22H20ClFN2O3/c1-13-4-6-18(24)19(9-13)26-22-17(21(27)25-12-16-3-2-8-28-16)11-14-10-15(23)5-7-20(14)29-22/h4-7,9-11,16H,2-3,8,12H2,1H3,(H,25,27)/t16-/m1/s1. The number of nitrogens with zero attached hydrogens (tertiary/aromatic N) is 1. The van der Waals surface area contributed by atoms with Gasteiger partial charge in [0.25, 0.3) is 5.91 Å². The van der Waals surface area contributed by atoms with Crippen molar-refractivity contribution >= 4 is 34.2 Å². The topological polar surface area (TPSA) is 63.8 Å². The van der Waals surface area contributed by atoms with E-state index in [9.17, 15) is 9.18 Å². The van der Waals surface area contributed by atoms with Crippen molar-refractivity contribution in [1.29, 1.82) is 0 Å². The fourth-order valence-corrected chi connectivity index (χ4v) is 3.45. The molecule has 1 amide bonds. The van der Waals surface area contributed by atoms with Gasteiger partial charge in [-0.3, -0.25) is 4.79 Å². The highest BCUT2D eigenvalue weighted by Crippen LogP contribution is 2.21. The monoisotopic (exact) mass is 414 g/mol. The molecule has 1 aliphatic heterocycles. The van der Waals surface area contributed by atoms with Crippen molar-refractivity contribution in [2.45, 2.75) is 25.9 Å². The molecule has 1 saturated heterocycles. The van der Waals surface area contributed by atoms with Crippen LogP contribution in [0.15, 0.2) is 51.9 Å². The molecule has 2 heterocycles. The summed E-state index contributed by atoms with van der Waals surface area (Å²) < 4.78 is 25.6. The van der Waals surface area contributed by atoms with Crippen LogP contribution in [0.5, 0.6) is 0 Å². The molecule has 29 heavy (non-hydrogen) atoms. The van der Waals surface area contributed by atoms with Crippen LogP contribution >= 0.6 is 11.6 Å². The molecule has 2 aromatic carbocycles. The molecule has 1 aliphatic rings. The van der Waals surface area contributed by atoms with Gasteiger partial charge in [-0.25, -0.2) is 9.38 Å². The number of ether oxygens (including phenoxy) is 1. The summed E-state index contributed by atoms with van der Waals surface area (Å²) in [5, 5.41) is 4.04. The Morgan fingerprint density at radius 1 is 1.28 bits per heavy atom. The maximum absolute atomic E-state index is 14.2. The largest absolute Gasteiger partial charge is 0.438 e. The van der Waals surface area contributed by atoms with Gasteiger partial charge in [0, 0.05) is 23.6 Å². The van der Waals surface area contributed by atoms with Gasteiger partial charge < -0.3 is 14.5 Å². The summed E-state index contributed by atoms with van der Waals surface area (Å²) in [6.45, 7) is 2.94. The highest BCUT2D eigenvalue weighted by Gasteiger charge is 2.19. The summed E-state index contributed by atoms with van der Waals surface area (Å²) in [7, 11) is 0. The average Bonchev–Trinajstić information content (AvgIpc) is 3.22. The molecule has 7 heteroatoms. The first-order valence-electron chi connectivity index (χ1n) is 9.44. The van der Waals surface area contributed by atoms with E-state index in [0.29, 0.717) is 29.1 Å². The molecule has 0 bridgehead atoms. The summed E-state index contributed by atoms with van der Waals surface area (Å²) in [5.41, 5.74) is 1.70. The molecule has 150 valence electrons. The number of nitrogens with one attached hydrogen (secondary N) is 1. The number of carbonyl (C=O) groups excluding carboxylic acids is 1. The normalized spacial score (nSPS) is 17.1. The maximum atomic E-state index is 14.2. The number of rotatable bonds is 4. The van der Waals surface area contributed by atoms with E-state index in [0.717, 1.165) is 18.4 Å². The predicted octanol–water partition coefficient (Wildman–Crippen LogP) is 4.67. The van der Waals surface area contributed by atoms with Gasteiger partial charge in [0.15, 0.2) is 0 Å². The van der Waals surface area contributed by atoms with E-state index in [4.69, 9.17) is 20.8 Å². The lowest BCUT2D eigenvalue weighted by Gasteiger charge is -2.11. The van der Waals surface area contributed by atoms with E-state index < -0.39 is 5.82 Å². The van der Waals surface area contributed by atoms with E-state index in [1.165, 1.54) is 6.07 Å². The van der Waals surface area contributed by atoms with Crippen LogP contribution in [0.3, 0.4) is 0 Å². The molecule has 1 aromatic heterocycles. The molecule has 1 atom stereocenters. The Balaban J connectivity index is 1.79. The third kappa shape index (κ3) is 4.49. The van der Waals surface area contributed by atoms with Crippen molar-refractivity contribution in [1.82, 2.24) is 5.32 Å². The van der Waals surface area contributed by atoms with Gasteiger partial charge in [0.05, 0.1) is 6.10 Å². The van der Waals surface area contributed by atoms with E-state index in [-0.39, 0.29) is 28.8 Å². The van der Waals surface area contributed by atoms with Crippen molar-refractivity contribution in [3.05, 3.63) is 70.0 Å². The number of fused-ring (bicyclic) bond motifs is 1. The van der Waals surface area contributed by atoms with Gasteiger partial charge >= 0.3 is 0 Å². The summed E-state index contributed by atoms with van der Waals surface area (Å²) in [6.07, 6.45) is 1.89. The predicted molar refractivity (Wildman–Crippen MR) is 109 cm³/mol. The van der Waals surface area contributed by atoms with Crippen molar-refractivity contribution in [3.8, 4) is 0 Å². The number of amides is 1.